The molecule has 120 valence electrons. The first-order valence-corrected chi connectivity index (χ1v) is 7.42. The average molecular weight is 313 g/mol. The minimum Gasteiger partial charge on any atom is -0.481 e. The summed E-state index contributed by atoms with van der Waals surface area (Å²) in [6, 6.07) is 16.8. The Morgan fingerprint density at radius 1 is 1.00 bits per heavy atom. The first kappa shape index (κ1) is 16.5. The van der Waals surface area contributed by atoms with Gasteiger partial charge in [0, 0.05) is 12.1 Å². The smallest absolute Gasteiger partial charge is 0.411 e. The molecule has 0 aliphatic heterocycles. The highest BCUT2D eigenvalue weighted by Gasteiger charge is 2.05. The Hall–Kier alpha value is -2.82. The predicted molar refractivity (Wildman–Crippen MR) is 87.3 cm³/mol. The number of carboxylic acids is 1. The Morgan fingerprint density at radius 3 is 2.48 bits per heavy atom. The number of carbonyl (C=O) groups is 2. The second-order valence-electron chi connectivity index (χ2n) is 5.13. The van der Waals surface area contributed by atoms with E-state index in [0.29, 0.717) is 18.5 Å². The van der Waals surface area contributed by atoms with Gasteiger partial charge in [-0.05, 0) is 36.1 Å². The molecule has 0 aromatic heterocycles. The van der Waals surface area contributed by atoms with Crippen molar-refractivity contribution < 1.29 is 19.4 Å². The topological polar surface area (TPSA) is 75.6 Å². The van der Waals surface area contributed by atoms with Crippen molar-refractivity contribution in [3.05, 3.63) is 65.7 Å². The first-order chi connectivity index (χ1) is 11.1. The Kier molecular flexibility index (Phi) is 6.17. The van der Waals surface area contributed by atoms with E-state index in [1.54, 1.807) is 6.07 Å². The van der Waals surface area contributed by atoms with Gasteiger partial charge in [-0.3, -0.25) is 10.1 Å². The molecule has 0 bridgehead atoms. The van der Waals surface area contributed by atoms with Gasteiger partial charge in [-0.15, -0.1) is 0 Å². The Balaban J connectivity index is 1.82. The van der Waals surface area contributed by atoms with Crippen molar-refractivity contribution >= 4 is 17.7 Å². The van der Waals surface area contributed by atoms with Crippen LogP contribution in [0.4, 0.5) is 10.5 Å². The fourth-order valence-electron chi connectivity index (χ4n) is 2.13. The molecule has 0 saturated heterocycles. The van der Waals surface area contributed by atoms with Crippen LogP contribution >= 0.6 is 0 Å². The van der Waals surface area contributed by atoms with Crippen molar-refractivity contribution in [2.75, 3.05) is 5.32 Å². The van der Waals surface area contributed by atoms with Gasteiger partial charge in [-0.2, -0.15) is 0 Å². The molecule has 0 atom stereocenters. The van der Waals surface area contributed by atoms with Crippen LogP contribution in [0.15, 0.2) is 54.6 Å². The van der Waals surface area contributed by atoms with Crippen LogP contribution in [0.5, 0.6) is 0 Å². The minimum absolute atomic E-state index is 0.136. The van der Waals surface area contributed by atoms with Gasteiger partial charge in [0.2, 0.25) is 0 Å². The lowest BCUT2D eigenvalue weighted by molar-refractivity contribution is -0.137. The van der Waals surface area contributed by atoms with E-state index in [1.807, 2.05) is 48.5 Å². The number of hydrogen-bond donors (Lipinski definition) is 2. The molecule has 0 aliphatic rings. The summed E-state index contributed by atoms with van der Waals surface area (Å²) in [5, 5.41) is 11.3. The maximum absolute atomic E-state index is 11.8. The molecule has 5 heteroatoms. The van der Waals surface area contributed by atoms with Gasteiger partial charge in [0.25, 0.3) is 0 Å². The quantitative estimate of drug-likeness (QED) is 0.814. The Morgan fingerprint density at radius 2 is 1.74 bits per heavy atom. The molecule has 2 rings (SSSR count). The van der Waals surface area contributed by atoms with Crippen molar-refractivity contribution in [2.45, 2.75) is 25.9 Å². The first-order valence-electron chi connectivity index (χ1n) is 7.42. The molecule has 2 N–H and O–H groups in total. The number of nitrogens with one attached hydrogen (secondary N) is 1. The molecule has 0 heterocycles. The maximum atomic E-state index is 11.8. The van der Waals surface area contributed by atoms with Crippen molar-refractivity contribution in [2.24, 2.45) is 0 Å². The Labute approximate surface area is 134 Å². The summed E-state index contributed by atoms with van der Waals surface area (Å²) in [6.45, 7) is 0.213. The normalized spacial score (nSPS) is 10.1. The molecule has 0 fully saturated rings. The fraction of sp³-hybridized carbons (Fsp3) is 0.222. The van der Waals surface area contributed by atoms with Gasteiger partial charge in [0.15, 0.2) is 0 Å². The molecule has 2 aromatic carbocycles. The number of aliphatic carboxylic acids is 1. The van der Waals surface area contributed by atoms with E-state index >= 15 is 0 Å². The lowest BCUT2D eigenvalue weighted by Crippen LogP contribution is -2.13. The molecule has 0 radical (unpaired) electrons. The fourth-order valence-corrected chi connectivity index (χ4v) is 2.13. The molecule has 0 spiro atoms. The van der Waals surface area contributed by atoms with E-state index < -0.39 is 12.1 Å². The van der Waals surface area contributed by atoms with Crippen LogP contribution in [0.3, 0.4) is 0 Å². The van der Waals surface area contributed by atoms with E-state index in [1.165, 1.54) is 0 Å². The van der Waals surface area contributed by atoms with Crippen LogP contribution in [0.2, 0.25) is 0 Å². The molecular formula is C18H19NO4. The standard InChI is InChI=1S/C18H19NO4/c20-17(21)11-5-9-14-8-4-10-16(12-14)19-18(22)23-13-15-6-2-1-3-7-15/h1-4,6-8,10,12H,5,9,11,13H2,(H,19,22)(H,20,21). The third kappa shape index (κ3) is 6.22. The highest BCUT2D eigenvalue weighted by molar-refractivity contribution is 5.84. The molecule has 0 aliphatic carbocycles. The van der Waals surface area contributed by atoms with Gasteiger partial charge in [-0.25, -0.2) is 4.79 Å². The number of rotatable bonds is 7. The van der Waals surface area contributed by atoms with Gasteiger partial charge in [-0.1, -0.05) is 42.5 Å². The molecule has 5 nitrogen and oxygen atoms in total. The minimum atomic E-state index is -0.802. The highest BCUT2D eigenvalue weighted by Crippen LogP contribution is 2.13. The van der Waals surface area contributed by atoms with Gasteiger partial charge < -0.3 is 9.84 Å². The number of carbonyl (C=O) groups excluding carboxylic acids is 1. The summed E-state index contributed by atoms with van der Waals surface area (Å²) in [6.07, 6.45) is 0.839. The molecule has 1 amide bonds. The second kappa shape index (κ2) is 8.58. The second-order valence-corrected chi connectivity index (χ2v) is 5.13. The van der Waals surface area contributed by atoms with E-state index in [-0.39, 0.29) is 13.0 Å². The Bertz CT molecular complexity index is 655. The van der Waals surface area contributed by atoms with Crippen molar-refractivity contribution in [1.82, 2.24) is 0 Å². The van der Waals surface area contributed by atoms with Crippen LogP contribution in [0.1, 0.15) is 24.0 Å². The van der Waals surface area contributed by atoms with Crippen LogP contribution in [-0.2, 0) is 22.6 Å². The molecule has 0 unspecified atom stereocenters. The number of aryl methyl sites for hydroxylation is 1. The van der Waals surface area contributed by atoms with Crippen LogP contribution in [0.25, 0.3) is 0 Å². The van der Waals surface area contributed by atoms with Crippen molar-refractivity contribution in [3.63, 3.8) is 0 Å². The molecule has 0 saturated carbocycles. The summed E-state index contributed by atoms with van der Waals surface area (Å²) >= 11 is 0. The van der Waals surface area contributed by atoms with Crippen molar-refractivity contribution in [3.8, 4) is 0 Å². The zero-order valence-corrected chi connectivity index (χ0v) is 12.7. The zero-order chi connectivity index (χ0) is 16.5. The summed E-state index contributed by atoms with van der Waals surface area (Å²) < 4.78 is 5.16. The summed E-state index contributed by atoms with van der Waals surface area (Å²) in [7, 11) is 0. The van der Waals surface area contributed by atoms with Crippen LogP contribution < -0.4 is 5.32 Å². The number of amides is 1. The summed E-state index contributed by atoms with van der Waals surface area (Å²) in [5.74, 6) is -0.802. The molecule has 2 aromatic rings. The van der Waals surface area contributed by atoms with Crippen LogP contribution in [0, 0.1) is 0 Å². The molecule has 23 heavy (non-hydrogen) atoms. The lowest BCUT2D eigenvalue weighted by atomic mass is 10.1. The van der Waals surface area contributed by atoms with E-state index in [9.17, 15) is 9.59 Å². The number of ether oxygens (including phenoxy) is 1. The number of anilines is 1. The maximum Gasteiger partial charge on any atom is 0.411 e. The third-order valence-electron chi connectivity index (χ3n) is 3.24. The van der Waals surface area contributed by atoms with E-state index in [4.69, 9.17) is 9.84 Å². The van der Waals surface area contributed by atoms with Gasteiger partial charge >= 0.3 is 12.1 Å². The summed E-state index contributed by atoms with van der Waals surface area (Å²) in [5.41, 5.74) is 2.54. The third-order valence-corrected chi connectivity index (χ3v) is 3.24. The number of benzene rings is 2. The number of carboxylic acid groups (broad SMARTS) is 1. The largest absolute Gasteiger partial charge is 0.481 e. The van der Waals surface area contributed by atoms with Gasteiger partial charge in [0.05, 0.1) is 0 Å². The lowest BCUT2D eigenvalue weighted by Gasteiger charge is -2.08. The molecular weight excluding hydrogens is 294 g/mol. The zero-order valence-electron chi connectivity index (χ0n) is 12.7. The number of hydrogen-bond acceptors (Lipinski definition) is 3. The monoisotopic (exact) mass is 313 g/mol. The van der Waals surface area contributed by atoms with E-state index in [0.717, 1.165) is 11.1 Å². The highest BCUT2D eigenvalue weighted by atomic mass is 16.5. The van der Waals surface area contributed by atoms with Gasteiger partial charge in [0.1, 0.15) is 6.61 Å². The van der Waals surface area contributed by atoms with E-state index in [2.05, 4.69) is 5.32 Å². The van der Waals surface area contributed by atoms with Crippen LogP contribution in [-0.4, -0.2) is 17.2 Å². The SMILES string of the molecule is O=C(O)CCCc1cccc(NC(=O)OCc2ccccc2)c1. The average Bonchev–Trinajstić information content (AvgIpc) is 2.54. The predicted octanol–water partition coefficient (Wildman–Crippen LogP) is 3.84. The summed E-state index contributed by atoms with van der Waals surface area (Å²) in [4.78, 5) is 22.3. The van der Waals surface area contributed by atoms with Crippen molar-refractivity contribution in [1.29, 1.82) is 0 Å².